The Kier molecular flexibility index (Phi) is 4.44. The Bertz CT molecular complexity index is 699. The van der Waals surface area contributed by atoms with Crippen LogP contribution in [0.4, 0.5) is 13.2 Å². The van der Waals surface area contributed by atoms with Gasteiger partial charge in [0.2, 0.25) is 0 Å². The molecule has 0 saturated carbocycles. The van der Waals surface area contributed by atoms with E-state index in [1.807, 2.05) is 0 Å². The van der Waals surface area contributed by atoms with Crippen LogP contribution >= 0.6 is 0 Å². The van der Waals surface area contributed by atoms with Gasteiger partial charge in [-0.3, -0.25) is 9.97 Å². The van der Waals surface area contributed by atoms with Crippen molar-refractivity contribution in [2.75, 3.05) is 6.61 Å². The molecular formula is C15H13F3N2O2. The van der Waals surface area contributed by atoms with Crippen LogP contribution in [-0.2, 0) is 10.9 Å². The van der Waals surface area contributed by atoms with Crippen molar-refractivity contribution in [1.29, 1.82) is 0 Å². The van der Waals surface area contributed by atoms with Crippen LogP contribution < -0.4 is 0 Å². The molecular weight excluding hydrogens is 297 g/mol. The predicted molar refractivity (Wildman–Crippen MR) is 73.2 cm³/mol. The number of ether oxygens (including phenoxy) is 1. The SMILES string of the molecule is CCOC(=O)c1ccc(-c2ncccc2C(F)(F)F)nc1C. The molecule has 2 aromatic rings. The molecule has 0 spiro atoms. The van der Waals surface area contributed by atoms with Crippen molar-refractivity contribution in [3.05, 3.63) is 47.3 Å². The Hall–Kier alpha value is -2.44. The first-order valence-electron chi connectivity index (χ1n) is 6.52. The molecule has 0 amide bonds. The number of carbonyl (C=O) groups excluding carboxylic acids is 1. The van der Waals surface area contributed by atoms with Crippen LogP contribution in [-0.4, -0.2) is 22.5 Å². The van der Waals surface area contributed by atoms with E-state index in [1.54, 1.807) is 6.92 Å². The average Bonchev–Trinajstić information content (AvgIpc) is 2.46. The highest BCUT2D eigenvalue weighted by Crippen LogP contribution is 2.35. The summed E-state index contributed by atoms with van der Waals surface area (Å²) in [6.45, 7) is 3.41. The van der Waals surface area contributed by atoms with Gasteiger partial charge in [0, 0.05) is 6.20 Å². The van der Waals surface area contributed by atoms with Crippen molar-refractivity contribution >= 4 is 5.97 Å². The molecule has 0 N–H and O–H groups in total. The number of nitrogens with zero attached hydrogens (tertiary/aromatic N) is 2. The first-order chi connectivity index (χ1) is 10.3. The average molecular weight is 310 g/mol. The zero-order valence-corrected chi connectivity index (χ0v) is 11.9. The van der Waals surface area contributed by atoms with Gasteiger partial charge >= 0.3 is 12.1 Å². The first kappa shape index (κ1) is 15.9. The van der Waals surface area contributed by atoms with Crippen molar-refractivity contribution in [2.24, 2.45) is 0 Å². The summed E-state index contributed by atoms with van der Waals surface area (Å²) in [5, 5.41) is 0. The maximum Gasteiger partial charge on any atom is 0.418 e. The molecule has 0 atom stereocenters. The summed E-state index contributed by atoms with van der Waals surface area (Å²) in [4.78, 5) is 19.5. The van der Waals surface area contributed by atoms with Crippen LogP contribution in [0.15, 0.2) is 30.5 Å². The molecule has 7 heteroatoms. The zero-order chi connectivity index (χ0) is 16.3. The van der Waals surface area contributed by atoms with Gasteiger partial charge in [-0.25, -0.2) is 4.79 Å². The fourth-order valence-electron chi connectivity index (χ4n) is 1.96. The second kappa shape index (κ2) is 6.13. The molecule has 0 aliphatic heterocycles. The maximum atomic E-state index is 13.0. The summed E-state index contributed by atoms with van der Waals surface area (Å²) >= 11 is 0. The van der Waals surface area contributed by atoms with Crippen LogP contribution in [0.1, 0.15) is 28.5 Å². The number of carbonyl (C=O) groups is 1. The van der Waals surface area contributed by atoms with Crippen molar-refractivity contribution < 1.29 is 22.7 Å². The first-order valence-corrected chi connectivity index (χ1v) is 6.52. The molecule has 0 bridgehead atoms. The summed E-state index contributed by atoms with van der Waals surface area (Å²) in [5.74, 6) is -0.559. The summed E-state index contributed by atoms with van der Waals surface area (Å²) in [6.07, 6.45) is -3.26. The highest BCUT2D eigenvalue weighted by molar-refractivity contribution is 5.90. The summed E-state index contributed by atoms with van der Waals surface area (Å²) in [6, 6.07) is 4.88. The van der Waals surface area contributed by atoms with Crippen LogP contribution in [0.3, 0.4) is 0 Å². The molecule has 4 nitrogen and oxygen atoms in total. The summed E-state index contributed by atoms with van der Waals surface area (Å²) in [5.41, 5.74) is -0.581. The van der Waals surface area contributed by atoms with Crippen molar-refractivity contribution in [2.45, 2.75) is 20.0 Å². The molecule has 0 aliphatic carbocycles. The number of rotatable bonds is 3. The molecule has 116 valence electrons. The zero-order valence-electron chi connectivity index (χ0n) is 11.9. The van der Waals surface area contributed by atoms with E-state index < -0.39 is 17.7 Å². The predicted octanol–water partition coefficient (Wildman–Crippen LogP) is 3.65. The fraction of sp³-hybridized carbons (Fsp3) is 0.267. The highest BCUT2D eigenvalue weighted by atomic mass is 19.4. The number of aryl methyl sites for hydroxylation is 1. The Morgan fingerprint density at radius 2 is 2.00 bits per heavy atom. The number of aromatic nitrogens is 2. The van der Waals surface area contributed by atoms with Gasteiger partial charge in [0.15, 0.2) is 0 Å². The van der Waals surface area contributed by atoms with Gasteiger partial charge in [-0.1, -0.05) is 0 Å². The minimum atomic E-state index is -4.53. The Labute approximate surface area is 125 Å². The third kappa shape index (κ3) is 3.24. The largest absolute Gasteiger partial charge is 0.462 e. The molecule has 0 unspecified atom stereocenters. The number of hydrogen-bond donors (Lipinski definition) is 0. The monoisotopic (exact) mass is 310 g/mol. The third-order valence-corrected chi connectivity index (χ3v) is 2.94. The molecule has 0 fully saturated rings. The van der Waals surface area contributed by atoms with Gasteiger partial charge in [0.25, 0.3) is 0 Å². The third-order valence-electron chi connectivity index (χ3n) is 2.94. The number of pyridine rings is 2. The lowest BCUT2D eigenvalue weighted by Crippen LogP contribution is -2.11. The van der Waals surface area contributed by atoms with E-state index >= 15 is 0 Å². The van der Waals surface area contributed by atoms with E-state index in [1.165, 1.54) is 31.3 Å². The lowest BCUT2D eigenvalue weighted by Gasteiger charge is -2.12. The van der Waals surface area contributed by atoms with E-state index in [4.69, 9.17) is 4.74 Å². The van der Waals surface area contributed by atoms with E-state index in [9.17, 15) is 18.0 Å². The quantitative estimate of drug-likeness (QED) is 0.812. The molecule has 0 radical (unpaired) electrons. The smallest absolute Gasteiger partial charge is 0.418 e. The Morgan fingerprint density at radius 3 is 2.59 bits per heavy atom. The number of halogens is 3. The van der Waals surface area contributed by atoms with E-state index in [-0.39, 0.29) is 29.3 Å². The lowest BCUT2D eigenvalue weighted by molar-refractivity contribution is -0.137. The Balaban J connectivity index is 2.48. The van der Waals surface area contributed by atoms with Gasteiger partial charge in [-0.15, -0.1) is 0 Å². The van der Waals surface area contributed by atoms with Gasteiger partial charge in [0.05, 0.1) is 29.1 Å². The highest BCUT2D eigenvalue weighted by Gasteiger charge is 2.34. The van der Waals surface area contributed by atoms with E-state index in [2.05, 4.69) is 9.97 Å². The summed E-state index contributed by atoms with van der Waals surface area (Å²) in [7, 11) is 0. The van der Waals surface area contributed by atoms with Crippen LogP contribution in [0.25, 0.3) is 11.4 Å². The van der Waals surface area contributed by atoms with E-state index in [0.717, 1.165) is 6.07 Å². The van der Waals surface area contributed by atoms with Gasteiger partial charge in [-0.05, 0) is 38.1 Å². The number of esters is 1. The van der Waals surface area contributed by atoms with Gasteiger partial charge < -0.3 is 4.74 Å². The second-order valence-corrected chi connectivity index (χ2v) is 4.45. The molecule has 2 heterocycles. The van der Waals surface area contributed by atoms with Crippen molar-refractivity contribution in [1.82, 2.24) is 9.97 Å². The fourth-order valence-corrected chi connectivity index (χ4v) is 1.96. The van der Waals surface area contributed by atoms with Gasteiger partial charge in [0.1, 0.15) is 5.69 Å². The second-order valence-electron chi connectivity index (χ2n) is 4.45. The lowest BCUT2D eigenvalue weighted by atomic mass is 10.1. The van der Waals surface area contributed by atoms with Gasteiger partial charge in [-0.2, -0.15) is 13.2 Å². The van der Waals surface area contributed by atoms with E-state index in [0.29, 0.717) is 0 Å². The molecule has 2 aromatic heterocycles. The molecule has 0 saturated heterocycles. The topological polar surface area (TPSA) is 52.1 Å². The normalized spacial score (nSPS) is 11.3. The maximum absolute atomic E-state index is 13.0. The molecule has 0 aromatic carbocycles. The Morgan fingerprint density at radius 1 is 1.27 bits per heavy atom. The van der Waals surface area contributed by atoms with Crippen LogP contribution in [0, 0.1) is 6.92 Å². The minimum absolute atomic E-state index is 0.0541. The van der Waals surface area contributed by atoms with Crippen LogP contribution in [0.5, 0.6) is 0 Å². The molecule has 0 aliphatic rings. The number of hydrogen-bond acceptors (Lipinski definition) is 4. The van der Waals surface area contributed by atoms with Crippen LogP contribution in [0.2, 0.25) is 0 Å². The standard InChI is InChI=1S/C15H13F3N2O2/c1-3-22-14(21)10-6-7-12(20-9(10)2)13-11(15(16,17)18)5-4-8-19-13/h4-8H,3H2,1-2H3. The summed E-state index contributed by atoms with van der Waals surface area (Å²) < 4.78 is 43.9. The molecule has 2 rings (SSSR count). The number of alkyl halides is 3. The molecule has 22 heavy (non-hydrogen) atoms. The minimum Gasteiger partial charge on any atom is -0.462 e. The van der Waals surface area contributed by atoms with Crippen molar-refractivity contribution in [3.63, 3.8) is 0 Å². The van der Waals surface area contributed by atoms with Crippen molar-refractivity contribution in [3.8, 4) is 11.4 Å².